The van der Waals surface area contributed by atoms with E-state index in [2.05, 4.69) is 5.32 Å². The number of methoxy groups -OCH3 is 2. The maximum Gasteiger partial charge on any atom is 0.244 e. The first-order chi connectivity index (χ1) is 17.0. The van der Waals surface area contributed by atoms with E-state index in [9.17, 15) is 22.4 Å². The van der Waals surface area contributed by atoms with Crippen LogP contribution in [0.3, 0.4) is 0 Å². The van der Waals surface area contributed by atoms with Crippen molar-refractivity contribution >= 4 is 27.5 Å². The average molecular weight is 524 g/mol. The molecule has 9 nitrogen and oxygen atoms in total. The number of halogens is 1. The maximum absolute atomic E-state index is 14.4. The molecule has 0 aliphatic rings. The van der Waals surface area contributed by atoms with Gasteiger partial charge < -0.3 is 19.7 Å². The van der Waals surface area contributed by atoms with Crippen LogP contribution in [0.15, 0.2) is 42.5 Å². The summed E-state index contributed by atoms with van der Waals surface area (Å²) in [5.41, 5.74) is 0.380. The van der Waals surface area contributed by atoms with Gasteiger partial charge >= 0.3 is 0 Å². The molecule has 1 unspecified atom stereocenters. The van der Waals surface area contributed by atoms with Gasteiger partial charge in [-0.05, 0) is 31.5 Å². The number of rotatable bonds is 13. The molecule has 1 N–H and O–H groups in total. The van der Waals surface area contributed by atoms with Crippen molar-refractivity contribution in [3.05, 3.63) is 53.8 Å². The summed E-state index contributed by atoms with van der Waals surface area (Å²) in [5.74, 6) is -0.946. The van der Waals surface area contributed by atoms with E-state index in [1.54, 1.807) is 6.07 Å². The normalized spacial score (nSPS) is 11.9. The van der Waals surface area contributed by atoms with Gasteiger partial charge in [-0.3, -0.25) is 13.9 Å². The lowest BCUT2D eigenvalue weighted by atomic mass is 10.1. The molecule has 11 heteroatoms. The highest BCUT2D eigenvalue weighted by molar-refractivity contribution is 7.92. The number of unbranched alkanes of at least 4 members (excludes halogenated alkanes) is 1. The van der Waals surface area contributed by atoms with E-state index in [1.165, 1.54) is 62.4 Å². The monoisotopic (exact) mass is 523 g/mol. The molecular weight excluding hydrogens is 489 g/mol. The maximum atomic E-state index is 14.4. The van der Waals surface area contributed by atoms with Crippen molar-refractivity contribution in [3.63, 3.8) is 0 Å². The summed E-state index contributed by atoms with van der Waals surface area (Å²) >= 11 is 0. The predicted octanol–water partition coefficient (Wildman–Crippen LogP) is 2.94. The molecule has 198 valence electrons. The molecule has 0 radical (unpaired) electrons. The Labute approximate surface area is 212 Å². The Hall–Kier alpha value is -3.34. The third-order valence-corrected chi connectivity index (χ3v) is 6.77. The number of hydrogen-bond acceptors (Lipinski definition) is 6. The van der Waals surface area contributed by atoms with E-state index in [0.29, 0.717) is 12.3 Å². The second-order valence-electron chi connectivity index (χ2n) is 8.24. The average Bonchev–Trinajstić information content (AvgIpc) is 2.85. The van der Waals surface area contributed by atoms with E-state index >= 15 is 0 Å². The van der Waals surface area contributed by atoms with Crippen molar-refractivity contribution < 1.29 is 31.9 Å². The summed E-state index contributed by atoms with van der Waals surface area (Å²) in [4.78, 5) is 27.5. The minimum atomic E-state index is -3.92. The van der Waals surface area contributed by atoms with Crippen LogP contribution in [-0.2, 0) is 26.2 Å². The lowest BCUT2D eigenvalue weighted by molar-refractivity contribution is -0.139. The number of sulfonamides is 1. The van der Waals surface area contributed by atoms with Crippen LogP contribution in [0.2, 0.25) is 0 Å². The summed E-state index contributed by atoms with van der Waals surface area (Å²) in [6.45, 7) is 3.13. The fourth-order valence-electron chi connectivity index (χ4n) is 3.52. The second kappa shape index (κ2) is 13.1. The van der Waals surface area contributed by atoms with Crippen LogP contribution < -0.4 is 19.1 Å². The second-order valence-corrected chi connectivity index (χ2v) is 10.1. The number of amides is 2. The van der Waals surface area contributed by atoms with Crippen LogP contribution in [0.5, 0.6) is 11.5 Å². The largest absolute Gasteiger partial charge is 0.493 e. The zero-order valence-corrected chi connectivity index (χ0v) is 22.1. The molecular formula is C25H34FN3O6S. The molecule has 0 spiro atoms. The summed E-state index contributed by atoms with van der Waals surface area (Å²) in [6.07, 6.45) is 2.61. The van der Waals surface area contributed by atoms with Gasteiger partial charge in [0.05, 0.1) is 26.2 Å². The van der Waals surface area contributed by atoms with Crippen molar-refractivity contribution in [2.24, 2.45) is 0 Å². The standard InChI is InChI=1S/C25H34FN3O6S/c1-6-7-14-27-25(31)18(2)28(16-19-10-8-9-11-21(19)26)24(30)17-29(36(5,32)33)20-12-13-22(34-3)23(15-20)35-4/h8-13,15,18H,6-7,14,16-17H2,1-5H3,(H,27,31). The van der Waals surface area contributed by atoms with Gasteiger partial charge in [0.15, 0.2) is 11.5 Å². The van der Waals surface area contributed by atoms with Gasteiger partial charge in [-0.25, -0.2) is 12.8 Å². The third kappa shape index (κ3) is 7.58. The predicted molar refractivity (Wildman–Crippen MR) is 136 cm³/mol. The third-order valence-electron chi connectivity index (χ3n) is 5.63. The number of ether oxygens (including phenoxy) is 2. The fourth-order valence-corrected chi connectivity index (χ4v) is 4.36. The Bertz CT molecular complexity index is 1160. The molecule has 0 aromatic heterocycles. The number of hydrogen-bond donors (Lipinski definition) is 1. The van der Waals surface area contributed by atoms with Crippen LogP contribution in [0.1, 0.15) is 32.3 Å². The molecule has 0 aliphatic carbocycles. The molecule has 2 amide bonds. The first-order valence-electron chi connectivity index (χ1n) is 11.5. The molecule has 0 fully saturated rings. The SMILES string of the molecule is CCCCNC(=O)C(C)N(Cc1ccccc1F)C(=O)CN(c1ccc(OC)c(OC)c1)S(C)(=O)=O. The van der Waals surface area contributed by atoms with Gasteiger partial charge in [0.25, 0.3) is 0 Å². The summed E-state index contributed by atoms with van der Waals surface area (Å²) in [7, 11) is -1.06. The zero-order chi connectivity index (χ0) is 26.9. The van der Waals surface area contributed by atoms with Gasteiger partial charge in [-0.1, -0.05) is 31.5 Å². The summed E-state index contributed by atoms with van der Waals surface area (Å²) in [5, 5.41) is 2.77. The van der Waals surface area contributed by atoms with Crippen LogP contribution in [0, 0.1) is 5.82 Å². The van der Waals surface area contributed by atoms with Gasteiger partial charge in [0, 0.05) is 24.7 Å². The highest BCUT2D eigenvalue weighted by atomic mass is 32.2. The molecule has 0 saturated heterocycles. The van der Waals surface area contributed by atoms with E-state index < -0.39 is 40.2 Å². The van der Waals surface area contributed by atoms with Crippen LogP contribution in [0.25, 0.3) is 0 Å². The lowest BCUT2D eigenvalue weighted by Crippen LogP contribution is -2.51. The summed E-state index contributed by atoms with van der Waals surface area (Å²) in [6, 6.07) is 9.40. The van der Waals surface area contributed by atoms with Crippen LogP contribution in [0.4, 0.5) is 10.1 Å². The first kappa shape index (κ1) is 28.9. The lowest BCUT2D eigenvalue weighted by Gasteiger charge is -2.31. The number of carbonyl (C=O) groups is 2. The minimum Gasteiger partial charge on any atom is -0.493 e. The number of nitrogens with one attached hydrogen (secondary N) is 1. The highest BCUT2D eigenvalue weighted by Gasteiger charge is 2.30. The van der Waals surface area contributed by atoms with Crippen molar-refractivity contribution in [1.82, 2.24) is 10.2 Å². The van der Waals surface area contributed by atoms with E-state index in [4.69, 9.17) is 9.47 Å². The summed E-state index contributed by atoms with van der Waals surface area (Å²) < 4.78 is 51.2. The van der Waals surface area contributed by atoms with E-state index in [-0.39, 0.29) is 23.5 Å². The van der Waals surface area contributed by atoms with Gasteiger partial charge in [0.1, 0.15) is 18.4 Å². The van der Waals surface area contributed by atoms with Crippen LogP contribution >= 0.6 is 0 Å². The Morgan fingerprint density at radius 2 is 1.75 bits per heavy atom. The highest BCUT2D eigenvalue weighted by Crippen LogP contribution is 2.32. The number of benzene rings is 2. The molecule has 36 heavy (non-hydrogen) atoms. The fraction of sp³-hybridized carbons (Fsp3) is 0.440. The molecule has 0 saturated carbocycles. The van der Waals surface area contributed by atoms with E-state index in [0.717, 1.165) is 23.4 Å². The molecule has 2 aromatic rings. The Balaban J connectivity index is 2.41. The Kier molecular flexibility index (Phi) is 10.5. The van der Waals surface area contributed by atoms with Crippen molar-refractivity contribution in [1.29, 1.82) is 0 Å². The van der Waals surface area contributed by atoms with Gasteiger partial charge in [-0.2, -0.15) is 0 Å². The van der Waals surface area contributed by atoms with Crippen molar-refractivity contribution in [2.75, 3.05) is 37.9 Å². The molecule has 1 atom stereocenters. The molecule has 2 rings (SSSR count). The van der Waals surface area contributed by atoms with Gasteiger partial charge in [-0.15, -0.1) is 0 Å². The molecule has 0 bridgehead atoms. The number of nitrogens with zero attached hydrogens (tertiary/aromatic N) is 2. The topological polar surface area (TPSA) is 105 Å². The molecule has 0 heterocycles. The Morgan fingerprint density at radius 1 is 1.08 bits per heavy atom. The van der Waals surface area contributed by atoms with Crippen LogP contribution in [-0.4, -0.2) is 64.7 Å². The minimum absolute atomic E-state index is 0.175. The number of anilines is 1. The first-order valence-corrected chi connectivity index (χ1v) is 13.4. The van der Waals surface area contributed by atoms with E-state index in [1.807, 2.05) is 6.92 Å². The van der Waals surface area contributed by atoms with Crippen molar-refractivity contribution in [3.8, 4) is 11.5 Å². The smallest absolute Gasteiger partial charge is 0.244 e. The number of carbonyl (C=O) groups excluding carboxylic acids is 2. The van der Waals surface area contributed by atoms with Crippen molar-refractivity contribution in [2.45, 2.75) is 39.3 Å². The zero-order valence-electron chi connectivity index (χ0n) is 21.3. The van der Waals surface area contributed by atoms with Gasteiger partial charge in [0.2, 0.25) is 21.8 Å². The molecule has 0 aliphatic heterocycles. The molecule has 2 aromatic carbocycles. The quantitative estimate of drug-likeness (QED) is 0.405. The Morgan fingerprint density at radius 3 is 2.33 bits per heavy atom.